The van der Waals surface area contributed by atoms with Crippen LogP contribution in [0.1, 0.15) is 31.5 Å². The number of rotatable bonds is 14. The van der Waals surface area contributed by atoms with Crippen LogP contribution >= 0.6 is 0 Å². The van der Waals surface area contributed by atoms with Crippen molar-refractivity contribution in [3.05, 3.63) is 48.0 Å². The average molecular weight is 532 g/mol. The SMILES string of the molecule is CC(C)C(NC(=O)C(Cc1cnc[nH]1)NC(=O)C(Cc1ccc(O)cc1)NC(=O)C(N)CC(N)=O)C(=O)O. The molecular formula is C24H33N7O7. The van der Waals surface area contributed by atoms with Gasteiger partial charge in [-0.05, 0) is 23.6 Å². The number of benzene rings is 1. The molecule has 14 nitrogen and oxygen atoms in total. The van der Waals surface area contributed by atoms with Gasteiger partial charge >= 0.3 is 5.97 Å². The Balaban J connectivity index is 2.29. The molecule has 0 aliphatic heterocycles. The molecule has 2 rings (SSSR count). The van der Waals surface area contributed by atoms with Crippen molar-refractivity contribution in [3.8, 4) is 5.75 Å². The van der Waals surface area contributed by atoms with Crippen LogP contribution in [-0.4, -0.2) is 73.9 Å². The normalized spacial score (nSPS) is 14.1. The van der Waals surface area contributed by atoms with E-state index in [2.05, 4.69) is 25.9 Å². The summed E-state index contributed by atoms with van der Waals surface area (Å²) in [5.41, 5.74) is 11.9. The maximum Gasteiger partial charge on any atom is 0.326 e. The first-order valence-electron chi connectivity index (χ1n) is 11.8. The van der Waals surface area contributed by atoms with Crippen LogP contribution in [0.5, 0.6) is 5.75 Å². The lowest BCUT2D eigenvalue weighted by molar-refractivity contribution is -0.143. The first kappa shape index (κ1) is 29.8. The molecule has 1 heterocycles. The van der Waals surface area contributed by atoms with Crippen molar-refractivity contribution in [3.63, 3.8) is 0 Å². The summed E-state index contributed by atoms with van der Waals surface area (Å²) in [5, 5.41) is 26.5. The molecule has 0 aliphatic carbocycles. The van der Waals surface area contributed by atoms with Gasteiger partial charge in [0.1, 0.15) is 23.9 Å². The van der Waals surface area contributed by atoms with Gasteiger partial charge in [0.05, 0.1) is 18.8 Å². The molecular weight excluding hydrogens is 498 g/mol. The summed E-state index contributed by atoms with van der Waals surface area (Å²) >= 11 is 0. The van der Waals surface area contributed by atoms with E-state index in [1.165, 1.54) is 24.7 Å². The number of H-pyrrole nitrogens is 1. The molecule has 4 amide bonds. The number of nitrogens with zero attached hydrogens (tertiary/aromatic N) is 1. The number of primary amides is 1. The molecule has 10 N–H and O–H groups in total. The first-order valence-corrected chi connectivity index (χ1v) is 11.8. The summed E-state index contributed by atoms with van der Waals surface area (Å²) in [4.78, 5) is 68.5. The van der Waals surface area contributed by atoms with Crippen LogP contribution in [0.4, 0.5) is 0 Å². The number of phenolic OH excluding ortho intramolecular Hbond substituents is 1. The van der Waals surface area contributed by atoms with Gasteiger partial charge < -0.3 is 42.6 Å². The van der Waals surface area contributed by atoms with Crippen molar-refractivity contribution in [1.82, 2.24) is 25.9 Å². The van der Waals surface area contributed by atoms with Gasteiger partial charge in [0.2, 0.25) is 23.6 Å². The number of carboxylic acid groups (broad SMARTS) is 1. The van der Waals surface area contributed by atoms with Gasteiger partial charge in [-0.2, -0.15) is 0 Å². The van der Waals surface area contributed by atoms with Crippen molar-refractivity contribution < 1.29 is 34.2 Å². The molecule has 0 fully saturated rings. The summed E-state index contributed by atoms with van der Waals surface area (Å²) in [6, 6.07) is 0.886. The molecule has 0 saturated carbocycles. The number of hydrogen-bond donors (Lipinski definition) is 8. The van der Waals surface area contributed by atoms with Gasteiger partial charge in [-0.25, -0.2) is 9.78 Å². The highest BCUT2D eigenvalue weighted by molar-refractivity contribution is 5.95. The summed E-state index contributed by atoms with van der Waals surface area (Å²) in [5.74, 6) is -4.82. The average Bonchev–Trinajstić information content (AvgIpc) is 3.35. The zero-order valence-electron chi connectivity index (χ0n) is 21.0. The molecule has 0 aliphatic rings. The van der Waals surface area contributed by atoms with E-state index in [9.17, 15) is 34.2 Å². The van der Waals surface area contributed by atoms with E-state index >= 15 is 0 Å². The van der Waals surface area contributed by atoms with E-state index in [0.29, 0.717) is 11.3 Å². The highest BCUT2D eigenvalue weighted by Crippen LogP contribution is 2.12. The Kier molecular flexibility index (Phi) is 10.8. The smallest absolute Gasteiger partial charge is 0.326 e. The number of amides is 4. The number of aromatic nitrogens is 2. The van der Waals surface area contributed by atoms with Gasteiger partial charge in [0.25, 0.3) is 0 Å². The summed E-state index contributed by atoms with van der Waals surface area (Å²) in [6.07, 6.45) is 2.28. The summed E-state index contributed by atoms with van der Waals surface area (Å²) in [6.45, 7) is 3.25. The highest BCUT2D eigenvalue weighted by atomic mass is 16.4. The molecule has 1 aromatic heterocycles. The lowest BCUT2D eigenvalue weighted by Gasteiger charge is -2.26. The van der Waals surface area contributed by atoms with E-state index < -0.39 is 66.1 Å². The molecule has 4 atom stereocenters. The Morgan fingerprint density at radius 2 is 1.53 bits per heavy atom. The third kappa shape index (κ3) is 9.20. The molecule has 14 heteroatoms. The number of nitrogens with one attached hydrogen (secondary N) is 4. The van der Waals surface area contributed by atoms with Crippen molar-refractivity contribution in [1.29, 1.82) is 0 Å². The maximum atomic E-state index is 13.4. The Labute approximate surface area is 218 Å². The second-order valence-electron chi connectivity index (χ2n) is 9.12. The number of phenols is 1. The van der Waals surface area contributed by atoms with Gasteiger partial charge in [-0.3, -0.25) is 19.2 Å². The van der Waals surface area contributed by atoms with Crippen molar-refractivity contribution in [2.45, 2.75) is 57.3 Å². The first-order chi connectivity index (χ1) is 17.9. The Morgan fingerprint density at radius 1 is 0.947 bits per heavy atom. The minimum atomic E-state index is -1.31. The number of aromatic amines is 1. The maximum absolute atomic E-state index is 13.4. The quantitative estimate of drug-likeness (QED) is 0.138. The topological polar surface area (TPSA) is 243 Å². The third-order valence-electron chi connectivity index (χ3n) is 5.61. The monoisotopic (exact) mass is 531 g/mol. The standard InChI is InChI=1S/C24H33N7O7/c1-12(2)20(24(37)38)31-23(36)18(8-14-10-27-11-28-14)30-22(35)17(7-13-3-5-15(32)6-4-13)29-21(34)16(25)9-19(26)33/h3-6,10-12,16-18,20,32H,7-9,25H2,1-2H3,(H2,26,33)(H,27,28)(H,29,34)(H,30,35)(H,31,36)(H,37,38). The van der Waals surface area contributed by atoms with E-state index in [-0.39, 0.29) is 18.6 Å². The number of carbonyl (C=O) groups is 5. The fourth-order valence-electron chi connectivity index (χ4n) is 3.53. The van der Waals surface area contributed by atoms with Crippen molar-refractivity contribution in [2.24, 2.45) is 17.4 Å². The van der Waals surface area contributed by atoms with Gasteiger partial charge in [0, 0.05) is 24.7 Å². The fraction of sp³-hybridized carbons (Fsp3) is 0.417. The van der Waals surface area contributed by atoms with Gasteiger partial charge in [0.15, 0.2) is 0 Å². The van der Waals surface area contributed by atoms with Crippen LogP contribution in [0.2, 0.25) is 0 Å². The second kappa shape index (κ2) is 13.7. The molecule has 0 saturated heterocycles. The van der Waals surface area contributed by atoms with Crippen LogP contribution < -0.4 is 27.4 Å². The van der Waals surface area contributed by atoms with E-state index in [1.807, 2.05) is 0 Å². The second-order valence-corrected chi connectivity index (χ2v) is 9.12. The molecule has 0 bridgehead atoms. The van der Waals surface area contributed by atoms with Crippen molar-refractivity contribution >= 4 is 29.6 Å². The minimum absolute atomic E-state index is 0.00306. The van der Waals surface area contributed by atoms with Gasteiger partial charge in [-0.15, -0.1) is 0 Å². The van der Waals surface area contributed by atoms with E-state index in [0.717, 1.165) is 0 Å². The zero-order chi connectivity index (χ0) is 28.4. The van der Waals surface area contributed by atoms with Crippen LogP contribution in [0.3, 0.4) is 0 Å². The largest absolute Gasteiger partial charge is 0.508 e. The van der Waals surface area contributed by atoms with Crippen LogP contribution in [0.25, 0.3) is 0 Å². The Morgan fingerprint density at radius 3 is 2.05 bits per heavy atom. The number of imidazole rings is 1. The predicted octanol–water partition coefficient (Wildman–Crippen LogP) is -1.70. The number of carboxylic acids is 1. The number of nitrogens with two attached hydrogens (primary N) is 2. The van der Waals surface area contributed by atoms with Crippen molar-refractivity contribution in [2.75, 3.05) is 0 Å². The molecule has 1 aromatic carbocycles. The van der Waals surface area contributed by atoms with E-state index in [1.54, 1.807) is 26.0 Å². The lowest BCUT2D eigenvalue weighted by Crippen LogP contribution is -2.58. The van der Waals surface area contributed by atoms with Crippen LogP contribution in [0.15, 0.2) is 36.8 Å². The number of hydrogen-bond acceptors (Lipinski definition) is 8. The molecule has 38 heavy (non-hydrogen) atoms. The number of carbonyl (C=O) groups excluding carboxylic acids is 4. The molecule has 2 aromatic rings. The van der Waals surface area contributed by atoms with Crippen LogP contribution in [-0.2, 0) is 36.8 Å². The summed E-state index contributed by atoms with van der Waals surface area (Å²) < 4.78 is 0. The Hall–Kier alpha value is -4.46. The minimum Gasteiger partial charge on any atom is -0.508 e. The zero-order valence-corrected chi connectivity index (χ0v) is 21.0. The highest BCUT2D eigenvalue weighted by Gasteiger charge is 2.32. The van der Waals surface area contributed by atoms with Crippen LogP contribution in [0, 0.1) is 5.92 Å². The third-order valence-corrected chi connectivity index (χ3v) is 5.61. The van der Waals surface area contributed by atoms with E-state index in [4.69, 9.17) is 11.5 Å². The fourth-order valence-corrected chi connectivity index (χ4v) is 3.53. The summed E-state index contributed by atoms with van der Waals surface area (Å²) in [7, 11) is 0. The molecule has 0 radical (unpaired) electrons. The molecule has 4 unspecified atom stereocenters. The number of aromatic hydroxyl groups is 1. The molecule has 0 spiro atoms. The van der Waals surface area contributed by atoms with Gasteiger partial charge in [-0.1, -0.05) is 26.0 Å². The predicted molar refractivity (Wildman–Crippen MR) is 134 cm³/mol. The molecule has 206 valence electrons. The number of aliphatic carboxylic acids is 1. The Bertz CT molecular complexity index is 1120. The lowest BCUT2D eigenvalue weighted by atomic mass is 10.0.